The van der Waals surface area contributed by atoms with Gasteiger partial charge >= 0.3 is 0 Å². The Morgan fingerprint density at radius 3 is 1.31 bits per heavy atom. The standard InChI is InChI=1S/C12H26O/c1-11(2,3)8-10(13-7)9-12(4,5)6/h10H,8-9H2,1-7H3. The first-order valence-corrected chi connectivity index (χ1v) is 5.17. The molecule has 0 saturated carbocycles. The molecule has 0 aliphatic carbocycles. The zero-order valence-corrected chi connectivity index (χ0v) is 10.4. The summed E-state index contributed by atoms with van der Waals surface area (Å²) in [4.78, 5) is 0. The molecular weight excluding hydrogens is 160 g/mol. The molecule has 0 atom stereocenters. The van der Waals surface area contributed by atoms with Crippen LogP contribution in [0.15, 0.2) is 0 Å². The van der Waals surface area contributed by atoms with Crippen LogP contribution >= 0.6 is 0 Å². The van der Waals surface area contributed by atoms with Crippen molar-refractivity contribution in [2.45, 2.75) is 60.5 Å². The van der Waals surface area contributed by atoms with E-state index in [9.17, 15) is 0 Å². The lowest BCUT2D eigenvalue weighted by Gasteiger charge is -2.30. The molecule has 0 aromatic rings. The molecule has 0 heterocycles. The summed E-state index contributed by atoms with van der Waals surface area (Å²) >= 11 is 0. The Bertz CT molecular complexity index is 120. The zero-order valence-electron chi connectivity index (χ0n) is 10.4. The van der Waals surface area contributed by atoms with Gasteiger partial charge < -0.3 is 4.74 Å². The molecule has 0 bridgehead atoms. The highest BCUT2D eigenvalue weighted by Crippen LogP contribution is 2.29. The van der Waals surface area contributed by atoms with Crippen molar-refractivity contribution >= 4 is 0 Å². The van der Waals surface area contributed by atoms with E-state index in [1.54, 1.807) is 0 Å². The highest BCUT2D eigenvalue weighted by Gasteiger charge is 2.23. The van der Waals surface area contributed by atoms with Crippen molar-refractivity contribution in [3.63, 3.8) is 0 Å². The third-order valence-corrected chi connectivity index (χ3v) is 2.01. The molecule has 0 aliphatic rings. The minimum absolute atomic E-state index is 0.367. The Kier molecular flexibility index (Phi) is 4.44. The van der Waals surface area contributed by atoms with E-state index in [0.717, 1.165) is 12.8 Å². The Morgan fingerprint density at radius 2 is 1.15 bits per heavy atom. The fourth-order valence-electron chi connectivity index (χ4n) is 1.60. The second-order valence-corrected chi connectivity index (χ2v) is 6.39. The SMILES string of the molecule is COC(CC(C)(C)C)CC(C)(C)C. The lowest BCUT2D eigenvalue weighted by atomic mass is 9.82. The number of hydrogen-bond donors (Lipinski definition) is 0. The molecule has 0 amide bonds. The van der Waals surface area contributed by atoms with Crippen LogP contribution in [0.4, 0.5) is 0 Å². The predicted octanol–water partition coefficient (Wildman–Crippen LogP) is 3.87. The molecule has 1 heteroatoms. The predicted molar refractivity (Wildman–Crippen MR) is 58.9 cm³/mol. The van der Waals surface area contributed by atoms with Crippen LogP contribution in [0.25, 0.3) is 0 Å². The highest BCUT2D eigenvalue weighted by molar-refractivity contribution is 4.74. The van der Waals surface area contributed by atoms with Crippen LogP contribution in [0.5, 0.6) is 0 Å². The van der Waals surface area contributed by atoms with Gasteiger partial charge in [0.2, 0.25) is 0 Å². The van der Waals surface area contributed by atoms with Crippen LogP contribution < -0.4 is 0 Å². The lowest BCUT2D eigenvalue weighted by Crippen LogP contribution is -2.24. The second-order valence-electron chi connectivity index (χ2n) is 6.39. The molecule has 80 valence electrons. The van der Waals surface area contributed by atoms with Crippen molar-refractivity contribution in [1.29, 1.82) is 0 Å². The van der Waals surface area contributed by atoms with Crippen LogP contribution in [-0.4, -0.2) is 13.2 Å². The maximum absolute atomic E-state index is 5.50. The Labute approximate surface area is 83.9 Å². The van der Waals surface area contributed by atoms with E-state index >= 15 is 0 Å². The quantitative estimate of drug-likeness (QED) is 0.650. The van der Waals surface area contributed by atoms with Gasteiger partial charge in [-0.1, -0.05) is 41.5 Å². The molecule has 13 heavy (non-hydrogen) atoms. The summed E-state index contributed by atoms with van der Waals surface area (Å²) in [6.45, 7) is 13.6. The van der Waals surface area contributed by atoms with Crippen molar-refractivity contribution < 1.29 is 4.74 Å². The first-order valence-electron chi connectivity index (χ1n) is 5.17. The Morgan fingerprint density at radius 1 is 0.846 bits per heavy atom. The van der Waals surface area contributed by atoms with E-state index < -0.39 is 0 Å². The van der Waals surface area contributed by atoms with Gasteiger partial charge in [0, 0.05) is 7.11 Å². The van der Waals surface area contributed by atoms with Crippen molar-refractivity contribution in [2.24, 2.45) is 10.8 Å². The van der Waals surface area contributed by atoms with E-state index in [0.29, 0.717) is 16.9 Å². The van der Waals surface area contributed by atoms with E-state index in [-0.39, 0.29) is 0 Å². The monoisotopic (exact) mass is 186 g/mol. The zero-order chi connectivity index (χ0) is 10.7. The number of rotatable bonds is 3. The summed E-state index contributed by atoms with van der Waals surface area (Å²) in [5.74, 6) is 0. The van der Waals surface area contributed by atoms with E-state index in [2.05, 4.69) is 41.5 Å². The molecule has 0 aromatic heterocycles. The Hall–Kier alpha value is -0.0400. The smallest absolute Gasteiger partial charge is 0.0581 e. The van der Waals surface area contributed by atoms with Crippen molar-refractivity contribution in [2.75, 3.05) is 7.11 Å². The molecule has 0 spiro atoms. The van der Waals surface area contributed by atoms with Crippen LogP contribution in [0.1, 0.15) is 54.4 Å². The Balaban J connectivity index is 4.05. The maximum atomic E-state index is 5.50. The van der Waals surface area contributed by atoms with Crippen LogP contribution in [-0.2, 0) is 4.74 Å². The fourth-order valence-corrected chi connectivity index (χ4v) is 1.60. The van der Waals surface area contributed by atoms with Crippen molar-refractivity contribution in [1.82, 2.24) is 0 Å². The van der Waals surface area contributed by atoms with Gasteiger partial charge in [-0.25, -0.2) is 0 Å². The van der Waals surface area contributed by atoms with E-state index in [1.807, 2.05) is 7.11 Å². The molecule has 0 rings (SSSR count). The second kappa shape index (κ2) is 4.45. The number of ether oxygens (including phenoxy) is 1. The molecule has 1 nitrogen and oxygen atoms in total. The van der Waals surface area contributed by atoms with Gasteiger partial charge in [0.1, 0.15) is 0 Å². The summed E-state index contributed by atoms with van der Waals surface area (Å²) in [6, 6.07) is 0. The summed E-state index contributed by atoms with van der Waals surface area (Å²) in [5, 5.41) is 0. The van der Waals surface area contributed by atoms with E-state index in [1.165, 1.54) is 0 Å². The van der Waals surface area contributed by atoms with Gasteiger partial charge in [-0.05, 0) is 23.7 Å². The normalized spacial score (nSPS) is 13.8. The van der Waals surface area contributed by atoms with Crippen molar-refractivity contribution in [3.8, 4) is 0 Å². The minimum atomic E-state index is 0.367. The first kappa shape index (κ1) is 13.0. The minimum Gasteiger partial charge on any atom is -0.381 e. The third-order valence-electron chi connectivity index (χ3n) is 2.01. The molecule has 0 fully saturated rings. The molecule has 0 radical (unpaired) electrons. The molecule has 0 aromatic carbocycles. The molecule has 0 aliphatic heterocycles. The molecule has 0 N–H and O–H groups in total. The molecule has 0 unspecified atom stereocenters. The van der Waals surface area contributed by atoms with Crippen molar-refractivity contribution in [3.05, 3.63) is 0 Å². The maximum Gasteiger partial charge on any atom is 0.0581 e. The average Bonchev–Trinajstić information content (AvgIpc) is 1.79. The highest BCUT2D eigenvalue weighted by atomic mass is 16.5. The topological polar surface area (TPSA) is 9.23 Å². The van der Waals surface area contributed by atoms with Crippen LogP contribution in [0.2, 0.25) is 0 Å². The van der Waals surface area contributed by atoms with Gasteiger partial charge in [-0.15, -0.1) is 0 Å². The van der Waals surface area contributed by atoms with Gasteiger partial charge in [0.05, 0.1) is 6.10 Å². The van der Waals surface area contributed by atoms with Crippen LogP contribution in [0.3, 0.4) is 0 Å². The molecular formula is C12H26O. The first-order chi connectivity index (χ1) is 5.64. The van der Waals surface area contributed by atoms with E-state index in [4.69, 9.17) is 4.74 Å². The number of methoxy groups -OCH3 is 1. The third kappa shape index (κ3) is 8.29. The van der Waals surface area contributed by atoms with Gasteiger partial charge in [-0.2, -0.15) is 0 Å². The summed E-state index contributed by atoms with van der Waals surface area (Å²) < 4.78 is 5.50. The van der Waals surface area contributed by atoms with Gasteiger partial charge in [-0.3, -0.25) is 0 Å². The molecule has 0 saturated heterocycles. The summed E-state index contributed by atoms with van der Waals surface area (Å²) in [5.41, 5.74) is 0.734. The number of hydrogen-bond acceptors (Lipinski definition) is 1. The average molecular weight is 186 g/mol. The lowest BCUT2D eigenvalue weighted by molar-refractivity contribution is 0.0357. The summed E-state index contributed by atoms with van der Waals surface area (Å²) in [6.07, 6.45) is 2.68. The fraction of sp³-hybridized carbons (Fsp3) is 1.00. The van der Waals surface area contributed by atoms with Gasteiger partial charge in [0.15, 0.2) is 0 Å². The summed E-state index contributed by atoms with van der Waals surface area (Å²) in [7, 11) is 1.82. The largest absolute Gasteiger partial charge is 0.381 e. The van der Waals surface area contributed by atoms with Gasteiger partial charge in [0.25, 0.3) is 0 Å². The van der Waals surface area contributed by atoms with Crippen LogP contribution in [0, 0.1) is 10.8 Å².